The largest absolute Gasteiger partial charge is 0.357 e. The maximum Gasteiger partial charge on any atom is 0.226 e. The van der Waals surface area contributed by atoms with E-state index in [1.807, 2.05) is 4.90 Å². The van der Waals surface area contributed by atoms with Gasteiger partial charge in [-0.2, -0.15) is 0 Å². The van der Waals surface area contributed by atoms with Crippen molar-refractivity contribution in [2.75, 3.05) is 23.8 Å². The van der Waals surface area contributed by atoms with Crippen molar-refractivity contribution in [2.24, 2.45) is 0 Å². The lowest BCUT2D eigenvalue weighted by molar-refractivity contribution is 0.595. The standard InChI is InChI=1S/C20H16ClF2N7/c1-24-19-25-6-10(7-26-19)18-17-12(13-4-14(21)15(23)5-16(13)29-17)2-3-30(18)20-27-8-11(22)9-28-20/h4-9,18,29H,2-3H2,1H3,(H,24,25,26). The van der Waals surface area contributed by atoms with Crippen molar-refractivity contribution < 1.29 is 8.78 Å². The number of nitrogens with one attached hydrogen (secondary N) is 2. The number of H-pyrrole nitrogens is 1. The zero-order chi connectivity index (χ0) is 20.8. The predicted octanol–water partition coefficient (Wildman–Crippen LogP) is 3.87. The summed E-state index contributed by atoms with van der Waals surface area (Å²) in [7, 11) is 1.74. The van der Waals surface area contributed by atoms with Crippen molar-refractivity contribution in [2.45, 2.75) is 12.5 Å². The Kier molecular flexibility index (Phi) is 4.47. The number of hydrogen-bond acceptors (Lipinski definition) is 6. The summed E-state index contributed by atoms with van der Waals surface area (Å²) in [6.07, 6.45) is 6.36. The Hall–Kier alpha value is -3.33. The van der Waals surface area contributed by atoms with E-state index in [0.717, 1.165) is 34.6 Å². The molecule has 1 aromatic carbocycles. The third-order valence-electron chi connectivity index (χ3n) is 5.24. The zero-order valence-corrected chi connectivity index (χ0v) is 16.6. The van der Waals surface area contributed by atoms with Crippen molar-refractivity contribution in [3.63, 3.8) is 0 Å². The van der Waals surface area contributed by atoms with Crippen LogP contribution in [0.3, 0.4) is 0 Å². The number of anilines is 2. The van der Waals surface area contributed by atoms with E-state index in [0.29, 0.717) is 30.4 Å². The van der Waals surface area contributed by atoms with E-state index in [2.05, 4.69) is 30.2 Å². The Bertz CT molecular complexity index is 1220. The lowest BCUT2D eigenvalue weighted by atomic mass is 9.94. The Balaban J connectivity index is 1.70. The van der Waals surface area contributed by atoms with Crippen molar-refractivity contribution in [1.82, 2.24) is 24.9 Å². The fraction of sp³-hybridized carbons (Fsp3) is 0.200. The van der Waals surface area contributed by atoms with Gasteiger partial charge in [-0.25, -0.2) is 28.7 Å². The second-order valence-electron chi connectivity index (χ2n) is 6.97. The fourth-order valence-corrected chi connectivity index (χ4v) is 4.07. The third kappa shape index (κ3) is 3.02. The Morgan fingerprint density at radius 2 is 1.83 bits per heavy atom. The summed E-state index contributed by atoms with van der Waals surface area (Å²) in [5.41, 5.74) is 3.34. The molecule has 0 amide bonds. The number of benzene rings is 1. The van der Waals surface area contributed by atoms with Gasteiger partial charge in [-0.1, -0.05) is 11.6 Å². The molecule has 7 nitrogen and oxygen atoms in total. The SMILES string of the molecule is CNc1ncc(C2c3[nH]c4cc(F)c(Cl)cc4c3CCN2c2ncc(F)cn2)cn1. The summed E-state index contributed by atoms with van der Waals surface area (Å²) >= 11 is 6.03. The second-order valence-corrected chi connectivity index (χ2v) is 7.37. The summed E-state index contributed by atoms with van der Waals surface area (Å²) < 4.78 is 27.4. The molecule has 0 aliphatic carbocycles. The first-order valence-electron chi connectivity index (χ1n) is 9.28. The first-order chi connectivity index (χ1) is 14.5. The Morgan fingerprint density at radius 1 is 1.10 bits per heavy atom. The lowest BCUT2D eigenvalue weighted by Gasteiger charge is -2.35. The molecule has 2 N–H and O–H groups in total. The number of hydrogen-bond donors (Lipinski definition) is 2. The highest BCUT2D eigenvalue weighted by atomic mass is 35.5. The van der Waals surface area contributed by atoms with Crippen LogP contribution in [0.15, 0.2) is 36.9 Å². The maximum atomic E-state index is 14.1. The molecular formula is C20H16ClF2N7. The molecule has 4 aromatic rings. The molecule has 0 saturated carbocycles. The molecule has 0 saturated heterocycles. The molecule has 0 spiro atoms. The Morgan fingerprint density at radius 3 is 2.53 bits per heavy atom. The molecule has 0 radical (unpaired) electrons. The summed E-state index contributed by atoms with van der Waals surface area (Å²) in [4.78, 5) is 22.2. The van der Waals surface area contributed by atoms with Crippen LogP contribution in [-0.2, 0) is 6.42 Å². The van der Waals surface area contributed by atoms with Gasteiger partial charge in [0, 0.05) is 48.1 Å². The average Bonchev–Trinajstić information content (AvgIpc) is 3.11. The van der Waals surface area contributed by atoms with Gasteiger partial charge in [-0.05, 0) is 24.1 Å². The van der Waals surface area contributed by atoms with Crippen LogP contribution >= 0.6 is 11.6 Å². The topological polar surface area (TPSA) is 82.6 Å². The molecule has 3 aromatic heterocycles. The number of halogens is 3. The van der Waals surface area contributed by atoms with Crippen LogP contribution in [0.1, 0.15) is 22.9 Å². The van der Waals surface area contributed by atoms with E-state index < -0.39 is 11.6 Å². The van der Waals surface area contributed by atoms with Crippen LogP contribution in [0, 0.1) is 11.6 Å². The van der Waals surface area contributed by atoms with Gasteiger partial charge >= 0.3 is 0 Å². The predicted molar refractivity (Wildman–Crippen MR) is 110 cm³/mol. The molecule has 0 fully saturated rings. The lowest BCUT2D eigenvalue weighted by Crippen LogP contribution is -2.37. The number of aromatic nitrogens is 5. The molecular weight excluding hydrogens is 412 g/mol. The highest BCUT2D eigenvalue weighted by Gasteiger charge is 2.34. The van der Waals surface area contributed by atoms with Crippen LogP contribution in [0.2, 0.25) is 5.02 Å². The van der Waals surface area contributed by atoms with Gasteiger partial charge in [0.15, 0.2) is 5.82 Å². The number of aromatic amines is 1. The number of nitrogens with zero attached hydrogens (tertiary/aromatic N) is 5. The highest BCUT2D eigenvalue weighted by Crippen LogP contribution is 2.40. The zero-order valence-electron chi connectivity index (χ0n) is 15.8. The van der Waals surface area contributed by atoms with E-state index in [9.17, 15) is 8.78 Å². The summed E-state index contributed by atoms with van der Waals surface area (Å²) in [6.45, 7) is 0.568. The first-order valence-corrected chi connectivity index (χ1v) is 9.66. The van der Waals surface area contributed by atoms with Crippen molar-refractivity contribution >= 4 is 34.4 Å². The molecule has 0 bridgehead atoms. The van der Waals surface area contributed by atoms with Crippen molar-refractivity contribution in [1.29, 1.82) is 0 Å². The smallest absolute Gasteiger partial charge is 0.226 e. The minimum absolute atomic E-state index is 0.0758. The molecule has 1 atom stereocenters. The van der Waals surface area contributed by atoms with Crippen molar-refractivity contribution in [3.8, 4) is 0 Å². The minimum atomic E-state index is -0.509. The maximum absolute atomic E-state index is 14.1. The van der Waals surface area contributed by atoms with Gasteiger partial charge in [0.1, 0.15) is 11.9 Å². The molecule has 1 aliphatic rings. The molecule has 30 heavy (non-hydrogen) atoms. The summed E-state index contributed by atoms with van der Waals surface area (Å²) in [5, 5.41) is 3.84. The molecule has 10 heteroatoms. The summed E-state index contributed by atoms with van der Waals surface area (Å²) in [5.74, 6) is -0.123. The Labute approximate surface area is 175 Å². The first kappa shape index (κ1) is 18.7. The van der Waals surface area contributed by atoms with E-state index in [1.54, 1.807) is 25.5 Å². The van der Waals surface area contributed by atoms with E-state index in [4.69, 9.17) is 11.6 Å². The van der Waals surface area contributed by atoms with Crippen LogP contribution in [0.4, 0.5) is 20.7 Å². The van der Waals surface area contributed by atoms with Crippen LogP contribution in [0.25, 0.3) is 10.9 Å². The quantitative estimate of drug-likeness (QED) is 0.516. The molecule has 5 rings (SSSR count). The van der Waals surface area contributed by atoms with Gasteiger partial charge in [0.25, 0.3) is 0 Å². The van der Waals surface area contributed by atoms with Gasteiger partial charge in [-0.15, -0.1) is 0 Å². The van der Waals surface area contributed by atoms with Gasteiger partial charge in [0.2, 0.25) is 11.9 Å². The van der Waals surface area contributed by atoms with Crippen LogP contribution in [0.5, 0.6) is 0 Å². The molecule has 4 heterocycles. The summed E-state index contributed by atoms with van der Waals surface area (Å²) in [6, 6.07) is 2.68. The van der Waals surface area contributed by atoms with E-state index in [1.165, 1.54) is 6.07 Å². The van der Waals surface area contributed by atoms with E-state index >= 15 is 0 Å². The van der Waals surface area contributed by atoms with E-state index in [-0.39, 0.29) is 11.1 Å². The van der Waals surface area contributed by atoms with Gasteiger partial charge in [-0.3, -0.25) is 0 Å². The monoisotopic (exact) mass is 427 g/mol. The van der Waals surface area contributed by atoms with Gasteiger partial charge < -0.3 is 15.2 Å². The second kappa shape index (κ2) is 7.17. The minimum Gasteiger partial charge on any atom is -0.357 e. The third-order valence-corrected chi connectivity index (χ3v) is 5.53. The number of fused-ring (bicyclic) bond motifs is 3. The molecule has 1 unspecified atom stereocenters. The highest BCUT2D eigenvalue weighted by molar-refractivity contribution is 6.31. The molecule has 1 aliphatic heterocycles. The van der Waals surface area contributed by atoms with Crippen LogP contribution in [-0.4, -0.2) is 38.5 Å². The van der Waals surface area contributed by atoms with Gasteiger partial charge in [0.05, 0.1) is 17.4 Å². The number of rotatable bonds is 3. The van der Waals surface area contributed by atoms with Crippen LogP contribution < -0.4 is 10.2 Å². The molecule has 152 valence electrons. The van der Waals surface area contributed by atoms with Crippen molar-refractivity contribution in [3.05, 3.63) is 70.4 Å². The fourth-order valence-electron chi connectivity index (χ4n) is 3.91. The normalized spacial score (nSPS) is 16.0. The average molecular weight is 428 g/mol.